The lowest BCUT2D eigenvalue weighted by Crippen LogP contribution is -2.36. The number of benzene rings is 2. The van der Waals surface area contributed by atoms with Gasteiger partial charge in [-0.05, 0) is 32.0 Å². The molecule has 0 unspecified atom stereocenters. The number of non-ortho nitro benzene ring substituents is 1. The Kier molecular flexibility index (Phi) is 5.70. The largest absolute Gasteiger partial charge is 0.419 e. The number of hydrogen-bond donors (Lipinski definition) is 0. The molecule has 1 heterocycles. The van der Waals surface area contributed by atoms with Crippen LogP contribution in [0.25, 0.3) is 11.5 Å². The SMILES string of the molecule is CC(C)N(Cc1nnc(-c2ccccc2Cl)o1)C(=O)c1cccc([N+](=O)[O-])c1. The zero-order valence-corrected chi connectivity index (χ0v) is 16.0. The fraction of sp³-hybridized carbons (Fsp3) is 0.211. The average Bonchev–Trinajstić information content (AvgIpc) is 3.14. The van der Waals surface area contributed by atoms with E-state index in [1.54, 1.807) is 24.3 Å². The lowest BCUT2D eigenvalue weighted by atomic mass is 10.1. The minimum absolute atomic E-state index is 0.0661. The van der Waals surface area contributed by atoms with E-state index in [0.29, 0.717) is 10.6 Å². The fourth-order valence-corrected chi connectivity index (χ4v) is 2.83. The number of aromatic nitrogens is 2. The Morgan fingerprint density at radius 2 is 1.96 bits per heavy atom. The van der Waals surface area contributed by atoms with Crippen molar-refractivity contribution in [2.75, 3.05) is 0 Å². The van der Waals surface area contributed by atoms with Gasteiger partial charge in [0.15, 0.2) is 0 Å². The van der Waals surface area contributed by atoms with Crippen molar-refractivity contribution in [1.82, 2.24) is 15.1 Å². The maximum absolute atomic E-state index is 12.9. The number of carbonyl (C=O) groups excluding carboxylic acids is 1. The number of halogens is 1. The first-order valence-electron chi connectivity index (χ1n) is 8.49. The first-order chi connectivity index (χ1) is 13.4. The lowest BCUT2D eigenvalue weighted by Gasteiger charge is -2.25. The van der Waals surface area contributed by atoms with Crippen LogP contribution in [-0.4, -0.2) is 32.0 Å². The third-order valence-electron chi connectivity index (χ3n) is 4.06. The number of rotatable bonds is 6. The fourth-order valence-electron chi connectivity index (χ4n) is 2.61. The van der Waals surface area contributed by atoms with Crippen LogP contribution in [0.5, 0.6) is 0 Å². The third-order valence-corrected chi connectivity index (χ3v) is 4.39. The van der Waals surface area contributed by atoms with Crippen molar-refractivity contribution in [1.29, 1.82) is 0 Å². The number of nitro groups is 1. The Morgan fingerprint density at radius 3 is 2.64 bits per heavy atom. The standard InChI is InChI=1S/C19H17ClN4O4/c1-12(2)23(19(25)13-6-5-7-14(10-13)24(26)27)11-17-21-22-18(28-17)15-8-3-4-9-16(15)20/h3-10,12H,11H2,1-2H3. The Balaban J connectivity index is 1.84. The molecule has 2 aromatic carbocycles. The van der Waals surface area contributed by atoms with Gasteiger partial charge in [-0.15, -0.1) is 10.2 Å². The average molecular weight is 401 g/mol. The highest BCUT2D eigenvalue weighted by molar-refractivity contribution is 6.33. The van der Waals surface area contributed by atoms with Gasteiger partial charge in [0.1, 0.15) is 0 Å². The van der Waals surface area contributed by atoms with Crippen LogP contribution in [0.2, 0.25) is 5.02 Å². The molecule has 0 fully saturated rings. The van der Waals surface area contributed by atoms with E-state index in [0.717, 1.165) is 0 Å². The highest BCUT2D eigenvalue weighted by Gasteiger charge is 2.23. The molecule has 0 bridgehead atoms. The van der Waals surface area contributed by atoms with Crippen LogP contribution < -0.4 is 0 Å². The van der Waals surface area contributed by atoms with Gasteiger partial charge >= 0.3 is 0 Å². The van der Waals surface area contributed by atoms with E-state index in [1.165, 1.54) is 29.2 Å². The molecule has 3 aromatic rings. The maximum Gasteiger partial charge on any atom is 0.270 e. The van der Waals surface area contributed by atoms with Crippen molar-refractivity contribution in [3.63, 3.8) is 0 Å². The summed E-state index contributed by atoms with van der Waals surface area (Å²) in [7, 11) is 0. The van der Waals surface area contributed by atoms with Crippen molar-refractivity contribution >= 4 is 23.2 Å². The van der Waals surface area contributed by atoms with Gasteiger partial charge in [-0.1, -0.05) is 29.8 Å². The van der Waals surface area contributed by atoms with E-state index in [2.05, 4.69) is 10.2 Å². The van der Waals surface area contributed by atoms with Gasteiger partial charge in [-0.25, -0.2) is 0 Å². The van der Waals surface area contributed by atoms with Gasteiger partial charge in [0.2, 0.25) is 11.8 Å². The molecule has 0 saturated carbocycles. The minimum atomic E-state index is -0.537. The summed E-state index contributed by atoms with van der Waals surface area (Å²) < 4.78 is 5.67. The smallest absolute Gasteiger partial charge is 0.270 e. The van der Waals surface area contributed by atoms with Crippen LogP contribution in [0.3, 0.4) is 0 Å². The third kappa shape index (κ3) is 4.17. The molecule has 0 atom stereocenters. The first kappa shape index (κ1) is 19.5. The monoisotopic (exact) mass is 400 g/mol. The molecule has 144 valence electrons. The van der Waals surface area contributed by atoms with Crippen molar-refractivity contribution in [3.05, 3.63) is 75.1 Å². The molecule has 8 nitrogen and oxygen atoms in total. The van der Waals surface area contributed by atoms with Crippen LogP contribution in [0.15, 0.2) is 52.9 Å². The summed E-state index contributed by atoms with van der Waals surface area (Å²) in [6.07, 6.45) is 0. The summed E-state index contributed by atoms with van der Waals surface area (Å²) in [5, 5.41) is 19.5. The second-order valence-corrected chi connectivity index (χ2v) is 6.72. The van der Waals surface area contributed by atoms with Crippen molar-refractivity contribution in [2.24, 2.45) is 0 Å². The summed E-state index contributed by atoms with van der Waals surface area (Å²) in [5.74, 6) is 0.130. The van der Waals surface area contributed by atoms with Crippen LogP contribution in [-0.2, 0) is 6.54 Å². The molecule has 9 heteroatoms. The number of nitrogens with zero attached hydrogens (tertiary/aromatic N) is 4. The minimum Gasteiger partial charge on any atom is -0.419 e. The van der Waals surface area contributed by atoms with Gasteiger partial charge in [-0.2, -0.15) is 0 Å². The summed E-state index contributed by atoms with van der Waals surface area (Å²) in [4.78, 5) is 24.8. The van der Waals surface area contributed by atoms with Gasteiger partial charge < -0.3 is 9.32 Å². The van der Waals surface area contributed by atoms with E-state index < -0.39 is 4.92 Å². The lowest BCUT2D eigenvalue weighted by molar-refractivity contribution is -0.384. The molecule has 1 amide bonds. The number of carbonyl (C=O) groups is 1. The van der Waals surface area contributed by atoms with Gasteiger partial charge in [0.25, 0.3) is 11.6 Å². The zero-order chi connectivity index (χ0) is 20.3. The van der Waals surface area contributed by atoms with E-state index >= 15 is 0 Å². The summed E-state index contributed by atoms with van der Waals surface area (Å²) >= 11 is 6.15. The second kappa shape index (κ2) is 8.18. The summed E-state index contributed by atoms with van der Waals surface area (Å²) in [6, 6.07) is 12.5. The molecular weight excluding hydrogens is 384 g/mol. The van der Waals surface area contributed by atoms with E-state index in [9.17, 15) is 14.9 Å². The van der Waals surface area contributed by atoms with Gasteiger partial charge in [0.05, 0.1) is 22.1 Å². The molecule has 0 aliphatic rings. The first-order valence-corrected chi connectivity index (χ1v) is 8.87. The predicted octanol–water partition coefficient (Wildman–Crippen LogP) is 4.35. The maximum atomic E-state index is 12.9. The van der Waals surface area contributed by atoms with Gasteiger partial charge in [-0.3, -0.25) is 14.9 Å². The number of hydrogen-bond acceptors (Lipinski definition) is 6. The zero-order valence-electron chi connectivity index (χ0n) is 15.2. The summed E-state index contributed by atoms with van der Waals surface area (Å²) in [5.41, 5.74) is 0.672. The molecule has 0 spiro atoms. The van der Waals surface area contributed by atoms with Crippen molar-refractivity contribution in [3.8, 4) is 11.5 Å². The van der Waals surface area contributed by atoms with E-state index in [4.69, 9.17) is 16.0 Å². The topological polar surface area (TPSA) is 102 Å². The number of nitro benzene ring substituents is 1. The highest BCUT2D eigenvalue weighted by atomic mass is 35.5. The molecular formula is C19H17ClN4O4. The Hall–Kier alpha value is -3.26. The van der Waals surface area contributed by atoms with Crippen LogP contribution in [0.1, 0.15) is 30.1 Å². The van der Waals surface area contributed by atoms with Crippen LogP contribution in [0, 0.1) is 10.1 Å². The van der Waals surface area contributed by atoms with Gasteiger partial charge in [0, 0.05) is 23.7 Å². The molecule has 0 radical (unpaired) electrons. The molecule has 0 aliphatic heterocycles. The Morgan fingerprint density at radius 1 is 1.21 bits per heavy atom. The second-order valence-electron chi connectivity index (χ2n) is 6.32. The number of amides is 1. The Labute approximate surface area is 165 Å². The summed E-state index contributed by atoms with van der Waals surface area (Å²) in [6.45, 7) is 3.73. The quantitative estimate of drug-likeness (QED) is 0.450. The highest BCUT2D eigenvalue weighted by Crippen LogP contribution is 2.27. The molecule has 0 aliphatic carbocycles. The normalized spacial score (nSPS) is 10.9. The molecule has 0 N–H and O–H groups in total. The van der Waals surface area contributed by atoms with E-state index in [-0.39, 0.29) is 41.5 Å². The van der Waals surface area contributed by atoms with E-state index in [1.807, 2.05) is 13.8 Å². The van der Waals surface area contributed by atoms with Crippen LogP contribution in [0.4, 0.5) is 5.69 Å². The van der Waals surface area contributed by atoms with Crippen LogP contribution >= 0.6 is 11.6 Å². The molecule has 3 rings (SSSR count). The van der Waals surface area contributed by atoms with Crippen molar-refractivity contribution < 1.29 is 14.1 Å². The molecule has 28 heavy (non-hydrogen) atoms. The predicted molar refractivity (Wildman–Crippen MR) is 103 cm³/mol. The molecule has 0 saturated heterocycles. The van der Waals surface area contributed by atoms with Crippen molar-refractivity contribution in [2.45, 2.75) is 26.4 Å². The molecule has 1 aromatic heterocycles. The Bertz CT molecular complexity index is 1020.